The van der Waals surface area contributed by atoms with Crippen molar-refractivity contribution in [1.82, 2.24) is 0 Å². The van der Waals surface area contributed by atoms with E-state index in [9.17, 15) is 5.11 Å². The Balaban J connectivity index is 2.37. The first-order chi connectivity index (χ1) is 8.68. The number of benzene rings is 1. The lowest BCUT2D eigenvalue weighted by Crippen LogP contribution is -2.41. The summed E-state index contributed by atoms with van der Waals surface area (Å²) in [7, 11) is 1.06. The van der Waals surface area contributed by atoms with Gasteiger partial charge in [-0.1, -0.05) is 0 Å². The molecule has 0 spiro atoms. The van der Waals surface area contributed by atoms with Crippen molar-refractivity contribution in [3.8, 4) is 11.5 Å². The molecule has 0 aliphatic carbocycles. The SMILES string of the molecule is COc1cc(C)c(B2OC(C)(C)C(C)(C)O2)cc1O. The van der Waals surface area contributed by atoms with Gasteiger partial charge in [-0.05, 0) is 57.8 Å². The van der Waals surface area contributed by atoms with Crippen LogP contribution in [0.4, 0.5) is 0 Å². The van der Waals surface area contributed by atoms with E-state index in [0.29, 0.717) is 5.75 Å². The molecule has 1 aliphatic heterocycles. The lowest BCUT2D eigenvalue weighted by atomic mass is 9.76. The predicted octanol–water partition coefficient (Wildman–Crippen LogP) is 2.01. The third kappa shape index (κ3) is 2.32. The minimum absolute atomic E-state index is 0.0952. The number of hydrogen-bond acceptors (Lipinski definition) is 4. The second kappa shape index (κ2) is 4.42. The van der Waals surface area contributed by atoms with Gasteiger partial charge in [-0.3, -0.25) is 0 Å². The Hall–Kier alpha value is -1.20. The topological polar surface area (TPSA) is 47.9 Å². The van der Waals surface area contributed by atoms with E-state index in [0.717, 1.165) is 11.0 Å². The van der Waals surface area contributed by atoms with Gasteiger partial charge < -0.3 is 19.2 Å². The fourth-order valence-electron chi connectivity index (χ4n) is 2.07. The van der Waals surface area contributed by atoms with E-state index in [1.54, 1.807) is 12.1 Å². The molecule has 0 saturated carbocycles. The average molecular weight is 264 g/mol. The highest BCUT2D eigenvalue weighted by Crippen LogP contribution is 2.37. The van der Waals surface area contributed by atoms with Crippen LogP contribution >= 0.6 is 0 Å². The fourth-order valence-corrected chi connectivity index (χ4v) is 2.07. The van der Waals surface area contributed by atoms with Crippen molar-refractivity contribution in [3.05, 3.63) is 17.7 Å². The minimum Gasteiger partial charge on any atom is -0.504 e. The zero-order chi connectivity index (χ0) is 14.4. The van der Waals surface area contributed by atoms with Crippen LogP contribution in [0.2, 0.25) is 0 Å². The molecular weight excluding hydrogens is 243 g/mol. The van der Waals surface area contributed by atoms with Crippen LogP contribution in [-0.2, 0) is 9.31 Å². The quantitative estimate of drug-likeness (QED) is 0.830. The smallest absolute Gasteiger partial charge is 0.495 e. The molecule has 0 amide bonds. The molecule has 0 bridgehead atoms. The highest BCUT2D eigenvalue weighted by atomic mass is 16.7. The minimum atomic E-state index is -0.471. The molecule has 0 aromatic heterocycles. The molecule has 1 fully saturated rings. The van der Waals surface area contributed by atoms with Crippen molar-refractivity contribution in [3.63, 3.8) is 0 Å². The van der Waals surface area contributed by atoms with Gasteiger partial charge in [0.05, 0.1) is 18.3 Å². The van der Waals surface area contributed by atoms with Crippen LogP contribution in [0.25, 0.3) is 0 Å². The highest BCUT2D eigenvalue weighted by molar-refractivity contribution is 6.62. The van der Waals surface area contributed by atoms with E-state index in [1.165, 1.54) is 7.11 Å². The summed E-state index contributed by atoms with van der Waals surface area (Å²) >= 11 is 0. The summed E-state index contributed by atoms with van der Waals surface area (Å²) in [5.74, 6) is 0.551. The number of aryl methyl sites for hydroxylation is 1. The van der Waals surface area contributed by atoms with Gasteiger partial charge in [0.15, 0.2) is 11.5 Å². The van der Waals surface area contributed by atoms with Gasteiger partial charge in [-0.25, -0.2) is 0 Å². The summed E-state index contributed by atoms with van der Waals surface area (Å²) in [6, 6.07) is 3.44. The van der Waals surface area contributed by atoms with E-state index in [4.69, 9.17) is 14.0 Å². The first-order valence-corrected chi connectivity index (χ1v) is 6.41. The Morgan fingerprint density at radius 2 is 1.63 bits per heavy atom. The van der Waals surface area contributed by atoms with Crippen LogP contribution in [0.3, 0.4) is 0 Å². The van der Waals surface area contributed by atoms with Crippen LogP contribution in [0, 0.1) is 6.92 Å². The lowest BCUT2D eigenvalue weighted by molar-refractivity contribution is 0.00578. The Labute approximate surface area is 114 Å². The lowest BCUT2D eigenvalue weighted by Gasteiger charge is -2.32. The second-order valence-electron chi connectivity index (χ2n) is 5.97. The zero-order valence-corrected chi connectivity index (χ0v) is 12.4. The summed E-state index contributed by atoms with van der Waals surface area (Å²) < 4.78 is 17.1. The molecule has 1 aromatic rings. The number of aromatic hydroxyl groups is 1. The Morgan fingerprint density at radius 1 is 1.11 bits per heavy atom. The summed E-state index contributed by atoms with van der Waals surface area (Å²) in [4.78, 5) is 0. The number of hydrogen-bond donors (Lipinski definition) is 1. The molecule has 1 N–H and O–H groups in total. The van der Waals surface area contributed by atoms with E-state index in [1.807, 2.05) is 34.6 Å². The Morgan fingerprint density at radius 3 is 2.11 bits per heavy atom. The molecule has 5 heteroatoms. The predicted molar refractivity (Wildman–Crippen MR) is 75.1 cm³/mol. The average Bonchev–Trinajstić information content (AvgIpc) is 2.50. The summed E-state index contributed by atoms with van der Waals surface area (Å²) in [6.45, 7) is 9.97. The maximum atomic E-state index is 9.90. The molecule has 0 atom stereocenters. The number of ether oxygens (including phenoxy) is 1. The summed E-state index contributed by atoms with van der Waals surface area (Å²) in [5.41, 5.74) is 1.02. The number of rotatable bonds is 2. The van der Waals surface area contributed by atoms with Gasteiger partial charge in [-0.15, -0.1) is 0 Å². The van der Waals surface area contributed by atoms with Gasteiger partial charge in [0.2, 0.25) is 0 Å². The summed E-state index contributed by atoms with van der Waals surface area (Å²) in [6.07, 6.45) is 0. The van der Waals surface area contributed by atoms with Crippen molar-refractivity contribution in [1.29, 1.82) is 0 Å². The van der Waals surface area contributed by atoms with Gasteiger partial charge in [-0.2, -0.15) is 0 Å². The molecule has 1 aromatic carbocycles. The van der Waals surface area contributed by atoms with E-state index in [-0.39, 0.29) is 17.0 Å². The standard InChI is InChI=1S/C14H21BO4/c1-9-7-12(17-6)11(16)8-10(9)15-18-13(2,3)14(4,5)19-15/h7-8,16H,1-6H3. The van der Waals surface area contributed by atoms with Crippen LogP contribution in [0.15, 0.2) is 12.1 Å². The molecule has 1 saturated heterocycles. The van der Waals surface area contributed by atoms with Crippen molar-refractivity contribution in [2.75, 3.05) is 7.11 Å². The number of phenols is 1. The normalized spacial score (nSPS) is 20.6. The Kier molecular flexibility index (Phi) is 3.31. The summed E-state index contributed by atoms with van der Waals surface area (Å²) in [5, 5.41) is 9.90. The van der Waals surface area contributed by atoms with E-state index in [2.05, 4.69) is 0 Å². The van der Waals surface area contributed by atoms with Crippen LogP contribution in [0.1, 0.15) is 33.3 Å². The molecule has 19 heavy (non-hydrogen) atoms. The Bertz CT molecular complexity index is 480. The fraction of sp³-hybridized carbons (Fsp3) is 0.571. The third-order valence-electron chi connectivity index (χ3n) is 4.07. The van der Waals surface area contributed by atoms with Crippen molar-refractivity contribution < 1.29 is 19.2 Å². The molecule has 0 radical (unpaired) electrons. The maximum Gasteiger partial charge on any atom is 0.495 e. The second-order valence-corrected chi connectivity index (χ2v) is 5.97. The highest BCUT2D eigenvalue weighted by Gasteiger charge is 2.52. The van der Waals surface area contributed by atoms with Crippen molar-refractivity contribution >= 4 is 12.6 Å². The van der Waals surface area contributed by atoms with Crippen molar-refractivity contribution in [2.24, 2.45) is 0 Å². The van der Waals surface area contributed by atoms with E-state index >= 15 is 0 Å². The maximum absolute atomic E-state index is 9.90. The molecule has 2 rings (SSSR count). The van der Waals surface area contributed by atoms with Crippen molar-refractivity contribution in [2.45, 2.75) is 45.8 Å². The number of phenolic OH excluding ortho intramolecular Hbond substituents is 1. The molecule has 1 aliphatic rings. The number of methoxy groups -OCH3 is 1. The third-order valence-corrected chi connectivity index (χ3v) is 4.07. The molecule has 1 heterocycles. The monoisotopic (exact) mass is 264 g/mol. The first-order valence-electron chi connectivity index (χ1n) is 6.41. The molecular formula is C14H21BO4. The largest absolute Gasteiger partial charge is 0.504 e. The van der Waals surface area contributed by atoms with Gasteiger partial charge in [0, 0.05) is 0 Å². The van der Waals surface area contributed by atoms with E-state index < -0.39 is 7.12 Å². The first kappa shape index (κ1) is 14.2. The molecule has 104 valence electrons. The van der Waals surface area contributed by atoms with Crippen LogP contribution in [0.5, 0.6) is 11.5 Å². The van der Waals surface area contributed by atoms with Crippen LogP contribution < -0.4 is 10.2 Å². The molecule has 0 unspecified atom stereocenters. The van der Waals surface area contributed by atoms with Gasteiger partial charge in [0.25, 0.3) is 0 Å². The van der Waals surface area contributed by atoms with Crippen LogP contribution in [-0.4, -0.2) is 30.5 Å². The van der Waals surface area contributed by atoms with Gasteiger partial charge >= 0.3 is 7.12 Å². The molecule has 4 nitrogen and oxygen atoms in total. The zero-order valence-electron chi connectivity index (χ0n) is 12.4. The van der Waals surface area contributed by atoms with Gasteiger partial charge in [0.1, 0.15) is 0 Å².